The first-order chi connectivity index (χ1) is 13.1. The van der Waals surface area contributed by atoms with Crippen LogP contribution < -0.4 is 16.4 Å². The first-order valence-electron chi connectivity index (χ1n) is 8.37. The zero-order chi connectivity index (χ0) is 18.8. The van der Waals surface area contributed by atoms with Gasteiger partial charge in [-0.2, -0.15) is 0 Å². The van der Waals surface area contributed by atoms with Gasteiger partial charge in [0, 0.05) is 16.8 Å². The van der Waals surface area contributed by atoms with Crippen LogP contribution in [0.5, 0.6) is 0 Å². The predicted molar refractivity (Wildman–Crippen MR) is 106 cm³/mol. The van der Waals surface area contributed by atoms with E-state index in [-0.39, 0.29) is 11.5 Å². The molecule has 0 fully saturated rings. The Morgan fingerprint density at radius 3 is 2.33 bits per heavy atom. The monoisotopic (exact) mass is 360 g/mol. The largest absolute Gasteiger partial charge is 0.393 e. The molecule has 2 aromatic heterocycles. The molecule has 0 aliphatic heterocycles. The van der Waals surface area contributed by atoms with Crippen molar-refractivity contribution in [2.75, 3.05) is 16.4 Å². The smallest absolute Gasteiger partial charge is 0.159 e. The molecule has 4 aromatic rings. The molecule has 2 heterocycles. The lowest BCUT2D eigenvalue weighted by Gasteiger charge is -2.14. The van der Waals surface area contributed by atoms with E-state index in [1.165, 1.54) is 12.4 Å². The van der Waals surface area contributed by atoms with E-state index in [0.29, 0.717) is 17.3 Å². The van der Waals surface area contributed by atoms with Crippen LogP contribution in [0.25, 0.3) is 10.9 Å². The number of hydrogen-bond acceptors (Lipinski definition) is 6. The molecule has 0 aliphatic rings. The molecule has 0 amide bonds. The Bertz CT molecular complexity index is 1130. The van der Waals surface area contributed by atoms with E-state index in [4.69, 9.17) is 5.73 Å². The number of benzene rings is 2. The SMILES string of the molecule is Cc1ccc2c(Nc3ncnc(Nc4ccccc4F)c3N)cccc2n1. The van der Waals surface area contributed by atoms with Crippen LogP contribution in [-0.4, -0.2) is 15.0 Å². The van der Waals surface area contributed by atoms with Crippen molar-refractivity contribution < 1.29 is 4.39 Å². The van der Waals surface area contributed by atoms with Gasteiger partial charge in [0.25, 0.3) is 0 Å². The van der Waals surface area contributed by atoms with Crippen molar-refractivity contribution in [3.05, 3.63) is 72.4 Å². The molecule has 0 spiro atoms. The van der Waals surface area contributed by atoms with Crippen LogP contribution in [0.2, 0.25) is 0 Å². The summed E-state index contributed by atoms with van der Waals surface area (Å²) in [6.45, 7) is 1.95. The lowest BCUT2D eigenvalue weighted by Crippen LogP contribution is -2.06. The van der Waals surface area contributed by atoms with E-state index in [0.717, 1.165) is 22.3 Å². The third kappa shape index (κ3) is 3.35. The van der Waals surface area contributed by atoms with E-state index < -0.39 is 0 Å². The standard InChI is InChI=1S/C20H17FN6/c1-12-9-10-13-15(25-12)7-4-8-16(13)26-19-18(22)20(24-11-23-19)27-17-6-3-2-5-14(17)21/h2-11H,22H2,1H3,(H2,23,24,26,27). The summed E-state index contributed by atoms with van der Waals surface area (Å²) in [7, 11) is 0. The normalized spacial score (nSPS) is 10.7. The molecule has 7 heteroatoms. The number of hydrogen-bond donors (Lipinski definition) is 3. The van der Waals surface area contributed by atoms with Crippen LogP contribution >= 0.6 is 0 Å². The number of nitrogens with one attached hydrogen (secondary N) is 2. The van der Waals surface area contributed by atoms with Gasteiger partial charge in [-0.15, -0.1) is 0 Å². The summed E-state index contributed by atoms with van der Waals surface area (Å²) in [5.41, 5.74) is 9.43. The number of nitrogens with zero attached hydrogens (tertiary/aromatic N) is 3. The van der Waals surface area contributed by atoms with Crippen molar-refractivity contribution in [3.8, 4) is 0 Å². The zero-order valence-corrected chi connectivity index (χ0v) is 14.6. The molecule has 0 saturated heterocycles. The number of halogens is 1. The molecular formula is C20H17FN6. The van der Waals surface area contributed by atoms with Crippen molar-refractivity contribution in [2.45, 2.75) is 6.92 Å². The summed E-state index contributed by atoms with van der Waals surface area (Å²) < 4.78 is 13.9. The minimum atomic E-state index is -0.388. The Balaban J connectivity index is 1.69. The van der Waals surface area contributed by atoms with Crippen LogP contribution in [0.3, 0.4) is 0 Å². The Labute approximate surface area is 155 Å². The number of para-hydroxylation sites is 1. The molecule has 0 aliphatic carbocycles. The number of nitrogens with two attached hydrogens (primary N) is 1. The molecule has 0 saturated carbocycles. The average molecular weight is 360 g/mol. The predicted octanol–water partition coefficient (Wildman–Crippen LogP) is 4.54. The highest BCUT2D eigenvalue weighted by Gasteiger charge is 2.12. The quantitative estimate of drug-likeness (QED) is 0.495. The highest BCUT2D eigenvalue weighted by atomic mass is 19.1. The van der Waals surface area contributed by atoms with Crippen LogP contribution in [0.4, 0.5) is 33.1 Å². The lowest BCUT2D eigenvalue weighted by atomic mass is 10.1. The number of aryl methyl sites for hydroxylation is 1. The molecule has 4 N–H and O–H groups in total. The highest BCUT2D eigenvalue weighted by molar-refractivity contribution is 5.94. The lowest BCUT2D eigenvalue weighted by molar-refractivity contribution is 0.632. The number of rotatable bonds is 4. The maximum atomic E-state index is 13.9. The van der Waals surface area contributed by atoms with E-state index in [2.05, 4.69) is 25.6 Å². The number of anilines is 5. The first-order valence-corrected chi connectivity index (χ1v) is 8.37. The second-order valence-corrected chi connectivity index (χ2v) is 6.04. The van der Waals surface area contributed by atoms with Crippen LogP contribution in [-0.2, 0) is 0 Å². The first kappa shape index (κ1) is 16.7. The number of nitrogen functional groups attached to an aromatic ring is 1. The summed E-state index contributed by atoms with van der Waals surface area (Å²) >= 11 is 0. The summed E-state index contributed by atoms with van der Waals surface area (Å²) in [6, 6.07) is 16.0. The van der Waals surface area contributed by atoms with Crippen molar-refractivity contribution in [2.24, 2.45) is 0 Å². The maximum absolute atomic E-state index is 13.9. The Morgan fingerprint density at radius 1 is 0.852 bits per heavy atom. The van der Waals surface area contributed by atoms with Gasteiger partial charge in [0.2, 0.25) is 0 Å². The molecular weight excluding hydrogens is 343 g/mol. The van der Waals surface area contributed by atoms with Crippen molar-refractivity contribution >= 4 is 39.6 Å². The summed E-state index contributed by atoms with van der Waals surface area (Å²) in [5.74, 6) is 0.365. The molecule has 6 nitrogen and oxygen atoms in total. The van der Waals surface area contributed by atoms with Crippen LogP contribution in [0.15, 0.2) is 60.9 Å². The molecule has 0 radical (unpaired) electrons. The van der Waals surface area contributed by atoms with Gasteiger partial charge in [0.15, 0.2) is 11.6 Å². The minimum Gasteiger partial charge on any atom is -0.393 e. The highest BCUT2D eigenvalue weighted by Crippen LogP contribution is 2.31. The zero-order valence-electron chi connectivity index (χ0n) is 14.6. The fourth-order valence-electron chi connectivity index (χ4n) is 2.78. The second kappa shape index (κ2) is 6.87. The minimum absolute atomic E-state index is 0.290. The summed E-state index contributed by atoms with van der Waals surface area (Å²) in [6.07, 6.45) is 1.37. The van der Waals surface area contributed by atoms with Crippen LogP contribution in [0.1, 0.15) is 5.69 Å². The topological polar surface area (TPSA) is 88.8 Å². The molecule has 2 aromatic carbocycles. The van der Waals surface area contributed by atoms with Gasteiger partial charge in [0.05, 0.1) is 11.2 Å². The van der Waals surface area contributed by atoms with E-state index >= 15 is 0 Å². The second-order valence-electron chi connectivity index (χ2n) is 6.04. The molecule has 27 heavy (non-hydrogen) atoms. The number of fused-ring (bicyclic) bond motifs is 1. The van der Waals surface area contributed by atoms with E-state index in [9.17, 15) is 4.39 Å². The van der Waals surface area contributed by atoms with Crippen molar-refractivity contribution in [1.29, 1.82) is 0 Å². The average Bonchev–Trinajstić information content (AvgIpc) is 2.66. The Morgan fingerprint density at radius 2 is 1.56 bits per heavy atom. The van der Waals surface area contributed by atoms with Gasteiger partial charge in [-0.05, 0) is 43.3 Å². The molecule has 0 bridgehead atoms. The summed E-state index contributed by atoms with van der Waals surface area (Å²) in [5, 5.41) is 7.08. The molecule has 0 unspecified atom stereocenters. The Kier molecular flexibility index (Phi) is 4.25. The molecule has 4 rings (SSSR count). The third-order valence-corrected chi connectivity index (χ3v) is 4.14. The van der Waals surface area contributed by atoms with Gasteiger partial charge in [-0.1, -0.05) is 18.2 Å². The van der Waals surface area contributed by atoms with Gasteiger partial charge in [0.1, 0.15) is 17.8 Å². The fraction of sp³-hybridized carbons (Fsp3) is 0.0500. The van der Waals surface area contributed by atoms with Gasteiger partial charge >= 0.3 is 0 Å². The van der Waals surface area contributed by atoms with E-state index in [1.807, 2.05) is 37.3 Å². The van der Waals surface area contributed by atoms with Gasteiger partial charge < -0.3 is 16.4 Å². The number of aromatic nitrogens is 3. The van der Waals surface area contributed by atoms with Gasteiger partial charge in [-0.3, -0.25) is 4.98 Å². The Hall–Kier alpha value is -3.74. The van der Waals surface area contributed by atoms with E-state index in [1.54, 1.807) is 18.2 Å². The third-order valence-electron chi connectivity index (χ3n) is 4.14. The maximum Gasteiger partial charge on any atom is 0.159 e. The summed E-state index contributed by atoms with van der Waals surface area (Å²) in [4.78, 5) is 12.9. The fourth-order valence-corrected chi connectivity index (χ4v) is 2.78. The molecule has 134 valence electrons. The van der Waals surface area contributed by atoms with Crippen molar-refractivity contribution in [3.63, 3.8) is 0 Å². The molecule has 0 atom stereocenters. The van der Waals surface area contributed by atoms with Gasteiger partial charge in [-0.25, -0.2) is 14.4 Å². The van der Waals surface area contributed by atoms with Crippen molar-refractivity contribution in [1.82, 2.24) is 15.0 Å². The van der Waals surface area contributed by atoms with Crippen LogP contribution in [0, 0.1) is 12.7 Å². The number of pyridine rings is 1.